The molecule has 0 fully saturated rings. The second-order valence-corrected chi connectivity index (χ2v) is 15.8. The van der Waals surface area contributed by atoms with E-state index in [1.165, 1.54) is 116 Å². The maximum atomic E-state index is 13.1. The number of carbonyl (C=O) groups excluding carboxylic acids is 2. The minimum absolute atomic E-state index is 0.0572. The van der Waals surface area contributed by atoms with E-state index < -0.39 is 18.2 Å². The first-order chi connectivity index (χ1) is 26.5. The first kappa shape index (κ1) is 52.1. The molecule has 0 saturated carbocycles. The highest BCUT2D eigenvalue weighted by Gasteiger charge is 2.24. The van der Waals surface area contributed by atoms with E-state index in [0.29, 0.717) is 19.3 Å². The molecule has 1 amide bonds. The average molecular weight is 760 g/mol. The lowest BCUT2D eigenvalue weighted by Crippen LogP contribution is -2.46. The SMILES string of the molecule is CC/C=C/C=C/C=C\CCCCCC(CC(=O)NC(CO)C(O)CCCCCCCCCCCCCCCCC)OC(=O)CCCCCCCCCCC. The van der Waals surface area contributed by atoms with E-state index in [9.17, 15) is 19.8 Å². The lowest BCUT2D eigenvalue weighted by Gasteiger charge is -2.24. The number of rotatable bonds is 41. The number of carbonyl (C=O) groups is 2. The van der Waals surface area contributed by atoms with Crippen LogP contribution in [0.2, 0.25) is 0 Å². The summed E-state index contributed by atoms with van der Waals surface area (Å²) in [5.41, 5.74) is 0. The number of allylic oxidation sites excluding steroid dienone is 6. The quantitative estimate of drug-likeness (QED) is 0.0328. The number of unbranched alkanes of at least 4 members (excludes halogenated alkanes) is 25. The molecule has 3 N–H and O–H groups in total. The van der Waals surface area contributed by atoms with Crippen molar-refractivity contribution in [1.29, 1.82) is 0 Å². The Morgan fingerprint density at radius 1 is 0.556 bits per heavy atom. The van der Waals surface area contributed by atoms with Gasteiger partial charge in [-0.15, -0.1) is 0 Å². The monoisotopic (exact) mass is 760 g/mol. The van der Waals surface area contributed by atoms with Crippen molar-refractivity contribution in [3.63, 3.8) is 0 Å². The van der Waals surface area contributed by atoms with Gasteiger partial charge in [0.1, 0.15) is 6.10 Å². The number of nitrogens with one attached hydrogen (secondary N) is 1. The van der Waals surface area contributed by atoms with Gasteiger partial charge in [-0.05, 0) is 44.9 Å². The van der Waals surface area contributed by atoms with Crippen LogP contribution in [0.3, 0.4) is 0 Å². The van der Waals surface area contributed by atoms with Gasteiger partial charge in [0.25, 0.3) is 0 Å². The summed E-state index contributed by atoms with van der Waals surface area (Å²) in [5, 5.41) is 23.7. The van der Waals surface area contributed by atoms with Gasteiger partial charge >= 0.3 is 5.97 Å². The van der Waals surface area contributed by atoms with Gasteiger partial charge in [0.05, 0.1) is 25.2 Å². The Morgan fingerprint density at radius 2 is 1.00 bits per heavy atom. The van der Waals surface area contributed by atoms with Gasteiger partial charge in [0.15, 0.2) is 0 Å². The molecule has 0 radical (unpaired) electrons. The molecule has 0 rings (SSSR count). The van der Waals surface area contributed by atoms with Crippen LogP contribution in [-0.2, 0) is 14.3 Å². The number of esters is 1. The predicted octanol–water partition coefficient (Wildman–Crippen LogP) is 13.3. The van der Waals surface area contributed by atoms with Crippen molar-refractivity contribution in [2.75, 3.05) is 6.61 Å². The zero-order valence-corrected chi connectivity index (χ0v) is 35.9. The lowest BCUT2D eigenvalue weighted by atomic mass is 10.0. The van der Waals surface area contributed by atoms with E-state index in [1.54, 1.807) is 0 Å². The van der Waals surface area contributed by atoms with Gasteiger partial charge in [0.2, 0.25) is 5.91 Å². The minimum Gasteiger partial charge on any atom is -0.462 e. The van der Waals surface area contributed by atoms with Crippen LogP contribution in [0, 0.1) is 0 Å². The van der Waals surface area contributed by atoms with Crippen molar-refractivity contribution in [3.8, 4) is 0 Å². The number of aliphatic hydroxyl groups is 2. The topological polar surface area (TPSA) is 95.9 Å². The van der Waals surface area contributed by atoms with Gasteiger partial charge in [0, 0.05) is 6.42 Å². The fourth-order valence-electron chi connectivity index (χ4n) is 7.02. The molecule has 0 spiro atoms. The maximum absolute atomic E-state index is 13.1. The molecule has 0 aromatic heterocycles. The summed E-state index contributed by atoms with van der Waals surface area (Å²) >= 11 is 0. The Morgan fingerprint density at radius 3 is 1.50 bits per heavy atom. The van der Waals surface area contributed by atoms with Crippen LogP contribution in [-0.4, -0.2) is 46.9 Å². The normalized spacial score (nSPS) is 13.6. The molecule has 54 heavy (non-hydrogen) atoms. The van der Waals surface area contributed by atoms with E-state index in [4.69, 9.17) is 4.74 Å². The van der Waals surface area contributed by atoms with Crippen LogP contribution < -0.4 is 5.32 Å². The van der Waals surface area contributed by atoms with E-state index >= 15 is 0 Å². The van der Waals surface area contributed by atoms with Gasteiger partial charge in [-0.25, -0.2) is 0 Å². The highest BCUT2D eigenvalue weighted by atomic mass is 16.5. The molecule has 0 aliphatic heterocycles. The van der Waals surface area contributed by atoms with Crippen molar-refractivity contribution in [3.05, 3.63) is 36.5 Å². The van der Waals surface area contributed by atoms with Crippen molar-refractivity contribution in [1.82, 2.24) is 5.32 Å². The van der Waals surface area contributed by atoms with E-state index in [-0.39, 0.29) is 24.9 Å². The lowest BCUT2D eigenvalue weighted by molar-refractivity contribution is -0.151. The number of hydrogen-bond acceptors (Lipinski definition) is 5. The average Bonchev–Trinajstić information content (AvgIpc) is 3.16. The van der Waals surface area contributed by atoms with Gasteiger partial charge in [-0.3, -0.25) is 9.59 Å². The molecule has 0 aliphatic rings. The Balaban J connectivity index is 4.52. The molecule has 0 saturated heterocycles. The Labute approximate surface area is 334 Å². The van der Waals surface area contributed by atoms with Crippen molar-refractivity contribution >= 4 is 11.9 Å². The van der Waals surface area contributed by atoms with Gasteiger partial charge in [-0.2, -0.15) is 0 Å². The van der Waals surface area contributed by atoms with Crippen LogP contribution in [0.25, 0.3) is 0 Å². The molecule has 0 aromatic rings. The number of aliphatic hydroxyl groups excluding tert-OH is 2. The number of hydrogen-bond donors (Lipinski definition) is 3. The van der Waals surface area contributed by atoms with Crippen LogP contribution in [0.4, 0.5) is 0 Å². The molecular formula is C48H89NO5. The summed E-state index contributed by atoms with van der Waals surface area (Å²) in [7, 11) is 0. The predicted molar refractivity (Wildman–Crippen MR) is 232 cm³/mol. The van der Waals surface area contributed by atoms with Gasteiger partial charge < -0.3 is 20.3 Å². The second-order valence-electron chi connectivity index (χ2n) is 15.8. The zero-order chi connectivity index (χ0) is 39.6. The van der Waals surface area contributed by atoms with E-state index in [0.717, 1.165) is 70.6 Å². The molecule has 0 aliphatic carbocycles. The Hall–Kier alpha value is -1.92. The van der Waals surface area contributed by atoms with Crippen molar-refractivity contribution in [2.24, 2.45) is 0 Å². The summed E-state index contributed by atoms with van der Waals surface area (Å²) in [6.07, 6.45) is 47.8. The third kappa shape index (κ3) is 37.0. The van der Waals surface area contributed by atoms with E-state index in [1.807, 2.05) is 12.2 Å². The van der Waals surface area contributed by atoms with Crippen LogP contribution in [0.15, 0.2) is 36.5 Å². The summed E-state index contributed by atoms with van der Waals surface area (Å²) in [5.74, 6) is -0.508. The van der Waals surface area contributed by atoms with Gasteiger partial charge in [-0.1, -0.05) is 211 Å². The number of ether oxygens (including phenoxy) is 1. The highest BCUT2D eigenvalue weighted by Crippen LogP contribution is 2.17. The van der Waals surface area contributed by atoms with E-state index in [2.05, 4.69) is 50.4 Å². The standard InChI is InChI=1S/C48H89NO5/c1-4-7-10-13-16-19-21-22-23-24-26-29-31-34-37-40-46(51)45(43-50)49-47(52)42-44(39-36-33-30-28-25-20-17-14-11-8-5-2)54-48(53)41-38-35-32-27-18-15-12-9-6-3/h8,11,14,17,20,25,44-46,50-51H,4-7,9-10,12-13,15-16,18-19,21-24,26-43H2,1-3H3,(H,49,52)/b11-8+,17-14+,25-20-. The summed E-state index contributed by atoms with van der Waals surface area (Å²) in [6, 6.07) is -0.708. The second kappa shape index (κ2) is 42.2. The van der Waals surface area contributed by atoms with Crippen LogP contribution in [0.5, 0.6) is 0 Å². The number of amides is 1. The largest absolute Gasteiger partial charge is 0.462 e. The third-order valence-electron chi connectivity index (χ3n) is 10.5. The molecule has 6 heteroatoms. The van der Waals surface area contributed by atoms with Crippen molar-refractivity contribution < 1.29 is 24.5 Å². The fourth-order valence-corrected chi connectivity index (χ4v) is 7.02. The third-order valence-corrected chi connectivity index (χ3v) is 10.5. The molecule has 3 unspecified atom stereocenters. The highest BCUT2D eigenvalue weighted by molar-refractivity contribution is 5.77. The molecular weight excluding hydrogens is 671 g/mol. The molecule has 316 valence electrons. The first-order valence-electron chi connectivity index (χ1n) is 23.2. The Kier molecular flexibility index (Phi) is 40.7. The Bertz CT molecular complexity index is 900. The first-order valence-corrected chi connectivity index (χ1v) is 23.2. The molecule has 0 aromatic carbocycles. The zero-order valence-electron chi connectivity index (χ0n) is 35.9. The van der Waals surface area contributed by atoms with Crippen LogP contribution >= 0.6 is 0 Å². The summed E-state index contributed by atoms with van der Waals surface area (Å²) in [6.45, 7) is 6.31. The smallest absolute Gasteiger partial charge is 0.306 e. The van der Waals surface area contributed by atoms with Crippen molar-refractivity contribution in [2.45, 2.75) is 251 Å². The molecule has 3 atom stereocenters. The summed E-state index contributed by atoms with van der Waals surface area (Å²) in [4.78, 5) is 25.9. The minimum atomic E-state index is -0.792. The molecule has 0 bridgehead atoms. The molecule has 0 heterocycles. The summed E-state index contributed by atoms with van der Waals surface area (Å²) < 4.78 is 5.87. The maximum Gasteiger partial charge on any atom is 0.306 e. The fraction of sp³-hybridized carbons (Fsp3) is 0.833. The van der Waals surface area contributed by atoms with Crippen LogP contribution in [0.1, 0.15) is 233 Å². The molecule has 6 nitrogen and oxygen atoms in total.